The third kappa shape index (κ3) is 2.79. The van der Waals surface area contributed by atoms with Gasteiger partial charge in [0, 0.05) is 5.92 Å². The minimum Gasteiger partial charge on any atom is -0.387 e. The van der Waals surface area contributed by atoms with Crippen LogP contribution in [0.3, 0.4) is 0 Å². The predicted octanol–water partition coefficient (Wildman–Crippen LogP) is 5.09. The van der Waals surface area contributed by atoms with Crippen LogP contribution in [-0.4, -0.2) is 5.11 Å². The highest BCUT2D eigenvalue weighted by atomic mass is 16.3. The zero-order valence-corrected chi connectivity index (χ0v) is 12.5. The van der Waals surface area contributed by atoms with E-state index in [0.717, 1.165) is 12.0 Å². The number of benzene rings is 2. The van der Waals surface area contributed by atoms with Crippen LogP contribution in [0.1, 0.15) is 54.9 Å². The molecule has 2 aromatic carbocycles. The van der Waals surface area contributed by atoms with E-state index in [1.807, 2.05) is 30.3 Å². The van der Waals surface area contributed by atoms with Gasteiger partial charge in [-0.25, -0.2) is 0 Å². The maximum absolute atomic E-state index is 10.9. The lowest BCUT2D eigenvalue weighted by atomic mass is 9.85. The van der Waals surface area contributed by atoms with Gasteiger partial charge in [-0.1, -0.05) is 79.6 Å². The molecular weight excluding hydrogens is 256 g/mol. The summed E-state index contributed by atoms with van der Waals surface area (Å²) in [6, 6.07) is 18.5. The summed E-state index contributed by atoms with van der Waals surface area (Å²) in [6.07, 6.45) is 5.25. The van der Waals surface area contributed by atoms with Crippen molar-refractivity contribution in [3.8, 4) is 0 Å². The second-order valence-electron chi connectivity index (χ2n) is 5.78. The number of unbranched alkanes of at least 4 members (excludes halogenated alkanes) is 1. The van der Waals surface area contributed by atoms with Crippen LogP contribution < -0.4 is 0 Å². The summed E-state index contributed by atoms with van der Waals surface area (Å²) >= 11 is 0. The first-order valence-corrected chi connectivity index (χ1v) is 7.83. The molecule has 21 heavy (non-hydrogen) atoms. The average molecular weight is 278 g/mol. The van der Waals surface area contributed by atoms with Gasteiger partial charge in [0.2, 0.25) is 0 Å². The highest BCUT2D eigenvalue weighted by molar-refractivity contribution is 5.67. The Morgan fingerprint density at radius 2 is 1.71 bits per heavy atom. The molecule has 0 heterocycles. The Labute approximate surface area is 127 Å². The first kappa shape index (κ1) is 14.1. The second-order valence-corrected chi connectivity index (χ2v) is 5.78. The summed E-state index contributed by atoms with van der Waals surface area (Å²) in [5.41, 5.74) is 4.90. The van der Waals surface area contributed by atoms with Crippen molar-refractivity contribution < 1.29 is 5.11 Å². The Morgan fingerprint density at radius 3 is 2.48 bits per heavy atom. The topological polar surface area (TPSA) is 20.2 Å². The Kier molecular flexibility index (Phi) is 4.21. The summed E-state index contributed by atoms with van der Waals surface area (Å²) in [7, 11) is 0. The van der Waals surface area contributed by atoms with Gasteiger partial charge in [0.25, 0.3) is 0 Å². The largest absolute Gasteiger partial charge is 0.387 e. The molecule has 1 nitrogen and oxygen atoms in total. The van der Waals surface area contributed by atoms with E-state index in [4.69, 9.17) is 0 Å². The molecule has 0 unspecified atom stereocenters. The van der Waals surface area contributed by atoms with E-state index in [9.17, 15) is 5.11 Å². The summed E-state index contributed by atoms with van der Waals surface area (Å²) in [5, 5.41) is 10.9. The molecule has 0 fully saturated rings. The lowest BCUT2D eigenvalue weighted by molar-refractivity contribution is 0.157. The molecule has 0 aromatic heterocycles. The van der Waals surface area contributed by atoms with E-state index in [0.29, 0.717) is 0 Å². The fourth-order valence-corrected chi connectivity index (χ4v) is 3.24. The molecule has 1 aliphatic rings. The van der Waals surface area contributed by atoms with Crippen LogP contribution in [0.25, 0.3) is 6.08 Å². The van der Waals surface area contributed by atoms with Crippen LogP contribution in [-0.2, 0) is 0 Å². The maximum Gasteiger partial charge on any atom is 0.0896 e. The van der Waals surface area contributed by atoms with Gasteiger partial charge in [-0.2, -0.15) is 0 Å². The Balaban J connectivity index is 1.95. The molecule has 2 atom stereocenters. The second kappa shape index (κ2) is 6.28. The molecular formula is C20H22O. The van der Waals surface area contributed by atoms with Crippen LogP contribution in [0, 0.1) is 0 Å². The molecule has 1 heteroatoms. The fraction of sp³-hybridized carbons (Fsp3) is 0.300. The first-order valence-electron chi connectivity index (χ1n) is 7.83. The maximum atomic E-state index is 10.9. The van der Waals surface area contributed by atoms with Crippen molar-refractivity contribution in [3.05, 3.63) is 76.9 Å². The van der Waals surface area contributed by atoms with E-state index >= 15 is 0 Å². The van der Waals surface area contributed by atoms with Gasteiger partial charge >= 0.3 is 0 Å². The van der Waals surface area contributed by atoms with Crippen molar-refractivity contribution in [2.75, 3.05) is 0 Å². The summed E-state index contributed by atoms with van der Waals surface area (Å²) in [6.45, 7) is 2.21. The standard InChI is InChI=1S/C20H22O/c1-2-3-9-17-14-16-12-7-8-13-18(16)19(17)20(21)15-10-5-4-6-11-15/h4-8,10-14,19-21H,2-3,9H2,1H3/t19-,20+/m0/s1. The molecule has 0 saturated heterocycles. The number of hydrogen-bond donors (Lipinski definition) is 1. The van der Waals surface area contributed by atoms with E-state index in [1.165, 1.54) is 29.5 Å². The highest BCUT2D eigenvalue weighted by Gasteiger charge is 2.31. The number of hydrogen-bond acceptors (Lipinski definition) is 1. The molecule has 0 amide bonds. The Bertz CT molecular complexity index is 627. The van der Waals surface area contributed by atoms with E-state index < -0.39 is 6.10 Å². The molecule has 108 valence electrons. The van der Waals surface area contributed by atoms with E-state index in [-0.39, 0.29) is 5.92 Å². The van der Waals surface area contributed by atoms with Gasteiger partial charge in [0.05, 0.1) is 6.10 Å². The van der Waals surface area contributed by atoms with Gasteiger partial charge in [0.15, 0.2) is 0 Å². The minimum atomic E-state index is -0.460. The molecule has 0 bridgehead atoms. The van der Waals surface area contributed by atoms with Gasteiger partial charge in [-0.3, -0.25) is 0 Å². The molecule has 0 saturated carbocycles. The zero-order chi connectivity index (χ0) is 14.7. The van der Waals surface area contributed by atoms with Crippen molar-refractivity contribution in [2.45, 2.75) is 38.2 Å². The quantitative estimate of drug-likeness (QED) is 0.807. The van der Waals surface area contributed by atoms with Crippen LogP contribution in [0.5, 0.6) is 0 Å². The van der Waals surface area contributed by atoms with Gasteiger partial charge < -0.3 is 5.11 Å². The van der Waals surface area contributed by atoms with Crippen LogP contribution >= 0.6 is 0 Å². The van der Waals surface area contributed by atoms with E-state index in [1.54, 1.807) is 0 Å². The van der Waals surface area contributed by atoms with Gasteiger partial charge in [-0.15, -0.1) is 0 Å². The third-order valence-corrected chi connectivity index (χ3v) is 4.35. The molecule has 1 N–H and O–H groups in total. The molecule has 0 spiro atoms. The van der Waals surface area contributed by atoms with Gasteiger partial charge in [0.1, 0.15) is 0 Å². The normalized spacial score (nSPS) is 18.2. The Morgan fingerprint density at radius 1 is 1.00 bits per heavy atom. The van der Waals surface area contributed by atoms with Crippen LogP contribution in [0.4, 0.5) is 0 Å². The lowest BCUT2D eigenvalue weighted by Gasteiger charge is -2.23. The van der Waals surface area contributed by atoms with Crippen LogP contribution in [0.15, 0.2) is 60.2 Å². The zero-order valence-electron chi connectivity index (χ0n) is 12.5. The summed E-state index contributed by atoms with van der Waals surface area (Å²) in [5.74, 6) is 0.107. The number of fused-ring (bicyclic) bond motifs is 1. The minimum absolute atomic E-state index is 0.107. The first-order chi connectivity index (χ1) is 10.3. The Hall–Kier alpha value is -1.86. The summed E-state index contributed by atoms with van der Waals surface area (Å²) in [4.78, 5) is 0. The van der Waals surface area contributed by atoms with Crippen LogP contribution in [0.2, 0.25) is 0 Å². The average Bonchev–Trinajstić information content (AvgIpc) is 2.91. The van der Waals surface area contributed by atoms with Crippen molar-refractivity contribution in [1.29, 1.82) is 0 Å². The van der Waals surface area contributed by atoms with Crippen molar-refractivity contribution in [3.63, 3.8) is 0 Å². The monoisotopic (exact) mass is 278 g/mol. The lowest BCUT2D eigenvalue weighted by Crippen LogP contribution is -2.11. The third-order valence-electron chi connectivity index (χ3n) is 4.35. The van der Waals surface area contributed by atoms with Gasteiger partial charge in [-0.05, 0) is 29.5 Å². The highest BCUT2D eigenvalue weighted by Crippen LogP contribution is 2.45. The van der Waals surface area contributed by atoms with Crippen molar-refractivity contribution >= 4 is 6.08 Å². The van der Waals surface area contributed by atoms with Crippen molar-refractivity contribution in [1.82, 2.24) is 0 Å². The number of aliphatic hydroxyl groups excluding tert-OH is 1. The summed E-state index contributed by atoms with van der Waals surface area (Å²) < 4.78 is 0. The molecule has 0 aliphatic heterocycles. The molecule has 0 radical (unpaired) electrons. The SMILES string of the molecule is CCCCC1=Cc2ccccc2[C@H]1[C@H](O)c1ccccc1. The number of aliphatic hydroxyl groups is 1. The molecule has 3 rings (SSSR count). The molecule has 1 aliphatic carbocycles. The number of rotatable bonds is 5. The fourth-order valence-electron chi connectivity index (χ4n) is 3.24. The molecule has 2 aromatic rings. The van der Waals surface area contributed by atoms with Crippen molar-refractivity contribution in [2.24, 2.45) is 0 Å². The van der Waals surface area contributed by atoms with E-state index in [2.05, 4.69) is 37.3 Å². The smallest absolute Gasteiger partial charge is 0.0896 e. The predicted molar refractivity (Wildman–Crippen MR) is 88.1 cm³/mol.